The van der Waals surface area contributed by atoms with E-state index in [9.17, 15) is 0 Å². The van der Waals surface area contributed by atoms with Crippen molar-refractivity contribution in [2.45, 2.75) is 64.8 Å². The van der Waals surface area contributed by atoms with Crippen molar-refractivity contribution in [3.63, 3.8) is 0 Å². The molecule has 2 fully saturated rings. The monoisotopic (exact) mass is 254 g/mol. The fraction of sp³-hybridized carbons (Fsp3) is 0.929. The molecule has 2 N–H and O–H groups in total. The first-order valence-electron chi connectivity index (χ1n) is 7.17. The van der Waals surface area contributed by atoms with Crippen LogP contribution in [0, 0.1) is 11.3 Å². The number of hydrogen-bond donors (Lipinski definition) is 2. The standard InChI is InChI=1S/C14H26N2S/c1-11(2)14(8-9-14)10-15-13(17)16-12-6-4-3-5-7-12/h11-12H,3-10H2,1-2H3,(H2,15,16,17). The van der Waals surface area contributed by atoms with Crippen molar-refractivity contribution in [2.24, 2.45) is 11.3 Å². The van der Waals surface area contributed by atoms with Crippen molar-refractivity contribution in [3.8, 4) is 0 Å². The average Bonchev–Trinajstić information content (AvgIpc) is 3.09. The van der Waals surface area contributed by atoms with Crippen molar-refractivity contribution >= 4 is 17.3 Å². The SMILES string of the molecule is CC(C)C1(CNC(=S)NC2CCCCC2)CC1. The Labute approximate surface area is 111 Å². The molecule has 2 nitrogen and oxygen atoms in total. The highest BCUT2D eigenvalue weighted by Gasteiger charge is 2.45. The molecule has 98 valence electrons. The van der Waals surface area contributed by atoms with E-state index in [1.165, 1.54) is 44.9 Å². The molecular weight excluding hydrogens is 228 g/mol. The van der Waals surface area contributed by atoms with Gasteiger partial charge < -0.3 is 10.6 Å². The molecule has 0 amide bonds. The molecule has 0 atom stereocenters. The number of rotatable bonds is 4. The van der Waals surface area contributed by atoms with Gasteiger partial charge in [-0.1, -0.05) is 33.1 Å². The summed E-state index contributed by atoms with van der Waals surface area (Å²) < 4.78 is 0. The molecule has 2 aliphatic carbocycles. The zero-order valence-corrected chi connectivity index (χ0v) is 12.0. The topological polar surface area (TPSA) is 24.1 Å². The summed E-state index contributed by atoms with van der Waals surface area (Å²) in [5, 5.41) is 7.79. The quantitative estimate of drug-likeness (QED) is 0.753. The number of nitrogens with one attached hydrogen (secondary N) is 2. The van der Waals surface area contributed by atoms with Gasteiger partial charge in [-0.05, 0) is 49.2 Å². The molecule has 17 heavy (non-hydrogen) atoms. The minimum atomic E-state index is 0.540. The third-order valence-corrected chi connectivity index (χ3v) is 4.92. The van der Waals surface area contributed by atoms with Crippen LogP contribution >= 0.6 is 12.2 Å². The van der Waals surface area contributed by atoms with E-state index in [4.69, 9.17) is 12.2 Å². The summed E-state index contributed by atoms with van der Waals surface area (Å²) in [5.74, 6) is 0.771. The minimum Gasteiger partial charge on any atom is -0.362 e. The van der Waals surface area contributed by atoms with Gasteiger partial charge in [-0.25, -0.2) is 0 Å². The van der Waals surface area contributed by atoms with Crippen molar-refractivity contribution < 1.29 is 0 Å². The fourth-order valence-electron chi connectivity index (χ4n) is 2.86. The highest BCUT2D eigenvalue weighted by Crippen LogP contribution is 2.51. The Morgan fingerprint density at radius 3 is 2.41 bits per heavy atom. The van der Waals surface area contributed by atoms with Crippen LogP contribution < -0.4 is 10.6 Å². The van der Waals surface area contributed by atoms with E-state index in [-0.39, 0.29) is 0 Å². The van der Waals surface area contributed by atoms with Crippen molar-refractivity contribution in [1.82, 2.24) is 10.6 Å². The second-order valence-electron chi connectivity index (χ2n) is 6.18. The third-order valence-electron chi connectivity index (χ3n) is 4.66. The van der Waals surface area contributed by atoms with Gasteiger partial charge in [-0.2, -0.15) is 0 Å². The van der Waals surface area contributed by atoms with Gasteiger partial charge >= 0.3 is 0 Å². The lowest BCUT2D eigenvalue weighted by atomic mass is 9.92. The fourth-order valence-corrected chi connectivity index (χ4v) is 3.10. The minimum absolute atomic E-state index is 0.540. The van der Waals surface area contributed by atoms with Crippen LogP contribution in [0.4, 0.5) is 0 Å². The van der Waals surface area contributed by atoms with Gasteiger partial charge in [0.05, 0.1) is 0 Å². The van der Waals surface area contributed by atoms with Crippen LogP contribution in [0.3, 0.4) is 0 Å². The highest BCUT2D eigenvalue weighted by molar-refractivity contribution is 7.80. The van der Waals surface area contributed by atoms with E-state index in [1.54, 1.807) is 0 Å². The molecule has 2 rings (SSSR count). The van der Waals surface area contributed by atoms with Crippen LogP contribution in [0.2, 0.25) is 0 Å². The summed E-state index contributed by atoms with van der Waals surface area (Å²) >= 11 is 5.39. The molecule has 0 aliphatic heterocycles. The van der Waals surface area contributed by atoms with Gasteiger partial charge in [0.25, 0.3) is 0 Å². The van der Waals surface area contributed by atoms with E-state index < -0.39 is 0 Å². The Bertz CT molecular complexity index is 265. The second-order valence-corrected chi connectivity index (χ2v) is 6.59. The highest BCUT2D eigenvalue weighted by atomic mass is 32.1. The normalized spacial score (nSPS) is 23.5. The number of hydrogen-bond acceptors (Lipinski definition) is 1. The van der Waals surface area contributed by atoms with Gasteiger partial charge in [0.15, 0.2) is 5.11 Å². The lowest BCUT2D eigenvalue weighted by Crippen LogP contribution is -2.45. The van der Waals surface area contributed by atoms with Crippen LogP contribution in [0.15, 0.2) is 0 Å². The van der Waals surface area contributed by atoms with Crippen molar-refractivity contribution in [1.29, 1.82) is 0 Å². The molecule has 2 saturated carbocycles. The summed E-state index contributed by atoms with van der Waals surface area (Å²) in [6, 6.07) is 0.623. The largest absolute Gasteiger partial charge is 0.362 e. The average molecular weight is 254 g/mol. The maximum Gasteiger partial charge on any atom is 0.166 e. The Hall–Kier alpha value is -0.310. The molecule has 0 aromatic heterocycles. The second kappa shape index (κ2) is 5.55. The summed E-state index contributed by atoms with van der Waals surface area (Å²) in [7, 11) is 0. The predicted octanol–water partition coefficient (Wildman–Crippen LogP) is 3.22. The molecule has 3 heteroatoms. The zero-order chi connectivity index (χ0) is 12.3. The first-order chi connectivity index (χ1) is 8.12. The third kappa shape index (κ3) is 3.57. The molecule has 0 heterocycles. The first-order valence-corrected chi connectivity index (χ1v) is 7.58. The molecule has 0 spiro atoms. The smallest absolute Gasteiger partial charge is 0.166 e. The van der Waals surface area contributed by atoms with E-state index in [0.717, 1.165) is 17.6 Å². The van der Waals surface area contributed by atoms with Gasteiger partial charge in [0, 0.05) is 12.6 Å². The Morgan fingerprint density at radius 1 is 1.24 bits per heavy atom. The molecule has 0 aromatic carbocycles. The summed E-state index contributed by atoms with van der Waals surface area (Å²) in [6.45, 7) is 5.71. The maximum absolute atomic E-state index is 5.39. The van der Waals surface area contributed by atoms with Gasteiger partial charge in [0.1, 0.15) is 0 Å². The van der Waals surface area contributed by atoms with Crippen LogP contribution in [0.1, 0.15) is 58.8 Å². The van der Waals surface area contributed by atoms with Gasteiger partial charge in [-0.3, -0.25) is 0 Å². The Morgan fingerprint density at radius 2 is 1.88 bits per heavy atom. The van der Waals surface area contributed by atoms with Gasteiger partial charge in [0.2, 0.25) is 0 Å². The molecule has 0 aromatic rings. The van der Waals surface area contributed by atoms with Crippen molar-refractivity contribution in [3.05, 3.63) is 0 Å². The predicted molar refractivity (Wildman–Crippen MR) is 77.1 cm³/mol. The lowest BCUT2D eigenvalue weighted by Gasteiger charge is -2.26. The van der Waals surface area contributed by atoms with Crippen LogP contribution in [-0.4, -0.2) is 17.7 Å². The summed E-state index contributed by atoms with van der Waals surface area (Å²) in [4.78, 5) is 0. The molecule has 0 unspecified atom stereocenters. The lowest BCUT2D eigenvalue weighted by molar-refractivity contribution is 0.354. The number of thiocarbonyl (C=S) groups is 1. The van der Waals surface area contributed by atoms with Crippen molar-refractivity contribution in [2.75, 3.05) is 6.54 Å². The molecular formula is C14H26N2S. The molecule has 0 bridgehead atoms. The first kappa shape index (κ1) is 13.1. The van der Waals surface area contributed by atoms with E-state index in [2.05, 4.69) is 24.5 Å². The summed E-state index contributed by atoms with van der Waals surface area (Å²) in [5.41, 5.74) is 0.540. The van der Waals surface area contributed by atoms with Gasteiger partial charge in [-0.15, -0.1) is 0 Å². The van der Waals surface area contributed by atoms with Crippen LogP contribution in [0.5, 0.6) is 0 Å². The summed E-state index contributed by atoms with van der Waals surface area (Å²) in [6.07, 6.45) is 9.42. The van der Waals surface area contributed by atoms with E-state index >= 15 is 0 Å². The van der Waals surface area contributed by atoms with E-state index in [1.807, 2.05) is 0 Å². The Kier molecular flexibility index (Phi) is 4.29. The maximum atomic E-state index is 5.39. The Balaban J connectivity index is 1.67. The van der Waals surface area contributed by atoms with Crippen LogP contribution in [-0.2, 0) is 0 Å². The zero-order valence-electron chi connectivity index (χ0n) is 11.2. The van der Waals surface area contributed by atoms with E-state index in [0.29, 0.717) is 11.5 Å². The molecule has 2 aliphatic rings. The molecule has 0 radical (unpaired) electrons. The van der Waals surface area contributed by atoms with Crippen LogP contribution in [0.25, 0.3) is 0 Å². The molecule has 0 saturated heterocycles.